The molecule has 6 heteroatoms. The number of ether oxygens (including phenoxy) is 1. The zero-order chi connectivity index (χ0) is 19.1. The van der Waals surface area contributed by atoms with Crippen LogP contribution in [0.15, 0.2) is 82.8 Å². The lowest BCUT2D eigenvalue weighted by Gasteiger charge is -2.09. The van der Waals surface area contributed by atoms with Gasteiger partial charge in [0.25, 0.3) is 5.91 Å². The van der Waals surface area contributed by atoms with Crippen molar-refractivity contribution >= 4 is 29.3 Å². The smallest absolute Gasteiger partial charge is 0.341 e. The molecule has 0 radical (unpaired) electrons. The lowest BCUT2D eigenvalue weighted by molar-refractivity contribution is -0.119. The van der Waals surface area contributed by atoms with E-state index in [1.165, 1.54) is 11.8 Å². The molecule has 0 aliphatic carbocycles. The summed E-state index contributed by atoms with van der Waals surface area (Å²) in [5.74, 6) is -0.978. The Balaban J connectivity index is 1.61. The van der Waals surface area contributed by atoms with Crippen molar-refractivity contribution in [3.8, 4) is 0 Å². The monoisotopic (exact) mass is 378 g/mol. The van der Waals surface area contributed by atoms with Gasteiger partial charge in [0.05, 0.1) is 5.56 Å². The summed E-state index contributed by atoms with van der Waals surface area (Å²) in [6.07, 6.45) is 1.62. The molecular formula is C21H18N2O3S. The third-order valence-electron chi connectivity index (χ3n) is 3.62. The van der Waals surface area contributed by atoms with Crippen LogP contribution in [0, 0.1) is 6.92 Å². The Morgan fingerprint density at radius 3 is 2.48 bits per heavy atom. The van der Waals surface area contributed by atoms with Crippen molar-refractivity contribution in [1.29, 1.82) is 0 Å². The van der Waals surface area contributed by atoms with Gasteiger partial charge in [-0.25, -0.2) is 9.78 Å². The quantitative estimate of drug-likeness (QED) is 0.647. The second-order valence-corrected chi connectivity index (χ2v) is 6.82. The Morgan fingerprint density at radius 1 is 1.00 bits per heavy atom. The summed E-state index contributed by atoms with van der Waals surface area (Å²) in [5.41, 5.74) is 2.08. The van der Waals surface area contributed by atoms with Gasteiger partial charge in [-0.05, 0) is 43.3 Å². The number of anilines is 1. The number of aromatic nitrogens is 1. The largest absolute Gasteiger partial charge is 0.452 e. The first-order chi connectivity index (χ1) is 13.1. The summed E-state index contributed by atoms with van der Waals surface area (Å²) in [6, 6.07) is 20.3. The fourth-order valence-corrected chi connectivity index (χ4v) is 3.16. The minimum atomic E-state index is -0.583. The van der Waals surface area contributed by atoms with E-state index in [9.17, 15) is 9.59 Å². The molecular weight excluding hydrogens is 360 g/mol. The van der Waals surface area contributed by atoms with E-state index in [-0.39, 0.29) is 6.61 Å². The van der Waals surface area contributed by atoms with Crippen molar-refractivity contribution in [1.82, 2.24) is 4.98 Å². The van der Waals surface area contributed by atoms with Gasteiger partial charge < -0.3 is 10.1 Å². The first-order valence-electron chi connectivity index (χ1n) is 8.33. The van der Waals surface area contributed by atoms with E-state index in [1.807, 2.05) is 49.4 Å². The molecule has 0 saturated carbocycles. The average molecular weight is 378 g/mol. The fourth-order valence-electron chi connectivity index (χ4n) is 2.27. The molecule has 0 aliphatic rings. The van der Waals surface area contributed by atoms with Crippen molar-refractivity contribution < 1.29 is 14.3 Å². The molecule has 0 saturated heterocycles. The molecule has 0 spiro atoms. The third kappa shape index (κ3) is 5.43. The van der Waals surface area contributed by atoms with Gasteiger partial charge in [0.1, 0.15) is 5.03 Å². The van der Waals surface area contributed by atoms with Crippen LogP contribution >= 0.6 is 11.8 Å². The molecule has 27 heavy (non-hydrogen) atoms. The number of pyridine rings is 1. The van der Waals surface area contributed by atoms with Gasteiger partial charge in [-0.1, -0.05) is 47.7 Å². The highest BCUT2D eigenvalue weighted by molar-refractivity contribution is 7.99. The Bertz CT molecular complexity index is 928. The van der Waals surface area contributed by atoms with E-state index in [0.29, 0.717) is 16.3 Å². The number of carbonyl (C=O) groups excluding carboxylic acids is 2. The highest BCUT2D eigenvalue weighted by atomic mass is 32.2. The number of rotatable bonds is 6. The number of benzene rings is 2. The number of aryl methyl sites for hydroxylation is 1. The number of hydrogen-bond donors (Lipinski definition) is 1. The predicted octanol–water partition coefficient (Wildman–Crippen LogP) is 4.34. The van der Waals surface area contributed by atoms with Crippen molar-refractivity contribution in [3.05, 3.63) is 84.1 Å². The number of hydrogen-bond acceptors (Lipinski definition) is 5. The molecule has 3 rings (SSSR count). The Kier molecular flexibility index (Phi) is 6.22. The average Bonchev–Trinajstić information content (AvgIpc) is 2.69. The summed E-state index contributed by atoms with van der Waals surface area (Å²) in [5, 5.41) is 3.23. The maximum absolute atomic E-state index is 12.4. The van der Waals surface area contributed by atoms with E-state index in [1.54, 1.807) is 30.5 Å². The number of carbonyl (C=O) groups is 2. The van der Waals surface area contributed by atoms with Crippen LogP contribution in [-0.2, 0) is 9.53 Å². The number of nitrogens with one attached hydrogen (secondary N) is 1. The maximum atomic E-state index is 12.4. The van der Waals surface area contributed by atoms with Gasteiger partial charge in [0.2, 0.25) is 0 Å². The van der Waals surface area contributed by atoms with E-state index < -0.39 is 11.9 Å². The van der Waals surface area contributed by atoms with Crippen molar-refractivity contribution in [2.24, 2.45) is 0 Å². The standard InChI is InChI=1S/C21H18N2O3S/c1-15-9-11-16(12-10-15)23-19(24)14-26-21(25)18-8-5-13-22-20(18)27-17-6-3-2-4-7-17/h2-13H,14H2,1H3,(H,23,24). The molecule has 136 valence electrons. The Hall–Kier alpha value is -3.12. The molecule has 0 aliphatic heterocycles. The van der Waals surface area contributed by atoms with Crippen LogP contribution < -0.4 is 5.32 Å². The van der Waals surface area contributed by atoms with Crippen LogP contribution in [0.4, 0.5) is 5.69 Å². The fraction of sp³-hybridized carbons (Fsp3) is 0.0952. The highest BCUT2D eigenvalue weighted by Crippen LogP contribution is 2.28. The normalized spacial score (nSPS) is 10.3. The van der Waals surface area contributed by atoms with Crippen LogP contribution in [0.1, 0.15) is 15.9 Å². The van der Waals surface area contributed by atoms with E-state index in [0.717, 1.165) is 10.5 Å². The first-order valence-corrected chi connectivity index (χ1v) is 9.15. The van der Waals surface area contributed by atoms with Gasteiger partial charge in [-0.2, -0.15) is 0 Å². The van der Waals surface area contributed by atoms with E-state index in [4.69, 9.17) is 4.74 Å². The molecule has 1 aromatic heterocycles. The van der Waals surface area contributed by atoms with Gasteiger partial charge in [0.15, 0.2) is 6.61 Å². The molecule has 1 heterocycles. The molecule has 2 aromatic carbocycles. The van der Waals surface area contributed by atoms with Crippen LogP contribution in [0.3, 0.4) is 0 Å². The molecule has 0 fully saturated rings. The Morgan fingerprint density at radius 2 is 1.74 bits per heavy atom. The van der Waals surface area contributed by atoms with E-state index >= 15 is 0 Å². The van der Waals surface area contributed by atoms with Crippen LogP contribution in [0.25, 0.3) is 0 Å². The lowest BCUT2D eigenvalue weighted by Crippen LogP contribution is -2.21. The molecule has 0 bridgehead atoms. The number of amides is 1. The van der Waals surface area contributed by atoms with Crippen LogP contribution in [0.5, 0.6) is 0 Å². The molecule has 0 atom stereocenters. The second-order valence-electron chi connectivity index (χ2n) is 5.76. The molecule has 3 aromatic rings. The van der Waals surface area contributed by atoms with E-state index in [2.05, 4.69) is 10.3 Å². The van der Waals surface area contributed by atoms with Crippen LogP contribution in [-0.4, -0.2) is 23.5 Å². The molecule has 5 nitrogen and oxygen atoms in total. The molecule has 1 N–H and O–H groups in total. The second kappa shape index (κ2) is 9.00. The molecule has 0 unspecified atom stereocenters. The number of nitrogens with zero attached hydrogens (tertiary/aromatic N) is 1. The minimum absolute atomic E-state index is 0.328. The van der Waals surface area contributed by atoms with Crippen molar-refractivity contribution in [2.45, 2.75) is 16.8 Å². The van der Waals surface area contributed by atoms with Gasteiger partial charge >= 0.3 is 5.97 Å². The third-order valence-corrected chi connectivity index (χ3v) is 4.65. The minimum Gasteiger partial charge on any atom is -0.452 e. The zero-order valence-electron chi connectivity index (χ0n) is 14.7. The predicted molar refractivity (Wildman–Crippen MR) is 105 cm³/mol. The van der Waals surface area contributed by atoms with Gasteiger partial charge in [-0.15, -0.1) is 0 Å². The maximum Gasteiger partial charge on any atom is 0.341 e. The summed E-state index contributed by atoms with van der Waals surface area (Å²) in [6.45, 7) is 1.60. The summed E-state index contributed by atoms with van der Waals surface area (Å²) in [7, 11) is 0. The molecule has 1 amide bonds. The lowest BCUT2D eigenvalue weighted by atomic mass is 10.2. The SMILES string of the molecule is Cc1ccc(NC(=O)COC(=O)c2cccnc2Sc2ccccc2)cc1. The highest BCUT2D eigenvalue weighted by Gasteiger charge is 2.16. The van der Waals surface area contributed by atoms with Gasteiger partial charge in [-0.3, -0.25) is 4.79 Å². The van der Waals surface area contributed by atoms with Crippen molar-refractivity contribution in [3.63, 3.8) is 0 Å². The first kappa shape index (κ1) is 18.7. The topological polar surface area (TPSA) is 68.3 Å². The van der Waals surface area contributed by atoms with Gasteiger partial charge in [0, 0.05) is 16.8 Å². The number of esters is 1. The zero-order valence-corrected chi connectivity index (χ0v) is 15.5. The summed E-state index contributed by atoms with van der Waals surface area (Å²) in [4.78, 5) is 29.6. The summed E-state index contributed by atoms with van der Waals surface area (Å²) >= 11 is 1.37. The summed E-state index contributed by atoms with van der Waals surface area (Å²) < 4.78 is 5.16. The Labute approximate surface area is 161 Å². The van der Waals surface area contributed by atoms with Crippen LogP contribution in [0.2, 0.25) is 0 Å². The van der Waals surface area contributed by atoms with Crippen molar-refractivity contribution in [2.75, 3.05) is 11.9 Å².